The summed E-state index contributed by atoms with van der Waals surface area (Å²) in [4.78, 5) is 5.55. The molecule has 4 heterocycles. The van der Waals surface area contributed by atoms with E-state index in [9.17, 15) is 0 Å². The second-order valence-corrected chi connectivity index (χ2v) is 40.0. The van der Waals surface area contributed by atoms with Gasteiger partial charge in [0.1, 0.15) is 0 Å². The van der Waals surface area contributed by atoms with Crippen molar-refractivity contribution in [2.75, 3.05) is 9.80 Å². The van der Waals surface area contributed by atoms with Crippen LogP contribution < -0.4 is 26.2 Å². The first-order chi connectivity index (χ1) is 70.6. The van der Waals surface area contributed by atoms with Crippen molar-refractivity contribution in [3.05, 3.63) is 503 Å². The largest absolute Gasteiger partial charge is 0.310 e. The number of benzene rings is 25. The molecule has 0 amide bonds. The maximum absolute atomic E-state index is 2.78. The van der Waals surface area contributed by atoms with E-state index in [0.717, 1.165) is 123 Å². The number of anilines is 6. The predicted molar refractivity (Wildman–Crippen MR) is 611 cm³/mol. The van der Waals surface area contributed by atoms with Crippen molar-refractivity contribution in [1.29, 1.82) is 0 Å². The van der Waals surface area contributed by atoms with E-state index in [1.807, 2.05) is 0 Å². The molecule has 0 aliphatic carbocycles. The van der Waals surface area contributed by atoms with E-state index in [-0.39, 0.29) is 6.71 Å². The van der Waals surface area contributed by atoms with E-state index in [4.69, 9.17) is 0 Å². The number of fused-ring (bicyclic) bond motifs is 24. The van der Waals surface area contributed by atoms with Gasteiger partial charge in [-0.05, 0) is 267 Å². The molecule has 666 valence electrons. The van der Waals surface area contributed by atoms with Crippen LogP contribution in [-0.2, 0) is 5.41 Å². The molecule has 143 heavy (non-hydrogen) atoms. The van der Waals surface area contributed by atoms with Gasteiger partial charge >= 0.3 is 0 Å². The number of hydrogen-bond acceptors (Lipinski definition) is 2. The van der Waals surface area contributed by atoms with Gasteiger partial charge in [-0.25, -0.2) is 0 Å². The van der Waals surface area contributed by atoms with Crippen molar-refractivity contribution in [2.24, 2.45) is 0 Å². The molecule has 0 radical (unpaired) electrons. The average molecular weight is 1820 g/mol. The fraction of sp³-hybridized carbons (Fsp3) is 0.0290. The zero-order valence-corrected chi connectivity index (χ0v) is 79.2. The number of hydrogen-bond donors (Lipinski definition) is 0. The molecule has 0 saturated carbocycles. The molecule has 0 N–H and O–H groups in total. The molecule has 0 saturated heterocycles. The van der Waals surface area contributed by atoms with Crippen LogP contribution in [0.25, 0.3) is 230 Å². The minimum atomic E-state index is -0.453. The highest BCUT2D eigenvalue weighted by Gasteiger charge is 2.47. The Morgan fingerprint density at radius 1 is 0.189 bits per heavy atom. The van der Waals surface area contributed by atoms with Crippen molar-refractivity contribution in [3.63, 3.8) is 0 Å². The monoisotopic (exact) mass is 1810 g/mol. The molecule has 2 aliphatic heterocycles. The smallest absolute Gasteiger partial charge is 0.252 e. The third-order valence-corrected chi connectivity index (χ3v) is 31.1. The van der Waals surface area contributed by atoms with Crippen LogP contribution in [0, 0.1) is 0 Å². The highest BCUT2D eigenvalue weighted by Crippen LogP contribution is 2.58. The maximum atomic E-state index is 2.78. The highest BCUT2D eigenvalue weighted by atomic mass is 15.2. The molecule has 0 fully saturated rings. The van der Waals surface area contributed by atoms with Gasteiger partial charge in [0.05, 0.1) is 33.4 Å². The van der Waals surface area contributed by atoms with Gasteiger partial charge in [0.25, 0.3) is 6.71 Å². The van der Waals surface area contributed by atoms with E-state index in [2.05, 4.69) is 537 Å². The third kappa shape index (κ3) is 12.9. The van der Waals surface area contributed by atoms with Crippen LogP contribution in [0.3, 0.4) is 0 Å². The minimum absolute atomic E-state index is 0.389. The van der Waals surface area contributed by atoms with E-state index in [1.165, 1.54) is 163 Å². The van der Waals surface area contributed by atoms with Gasteiger partial charge in [-0.2, -0.15) is 0 Å². The lowest BCUT2D eigenvalue weighted by molar-refractivity contribution is 0.590. The molecule has 2 aromatic heterocycles. The molecular weight excluding hydrogens is 1720 g/mol. The Morgan fingerprint density at radius 2 is 0.497 bits per heavy atom. The molecular formula is C138H91BN4. The Bertz CT molecular complexity index is 9350. The Kier molecular flexibility index (Phi) is 18.5. The van der Waals surface area contributed by atoms with Crippen LogP contribution in [0.2, 0.25) is 0 Å². The predicted octanol–water partition coefficient (Wildman–Crippen LogP) is 35.8. The minimum Gasteiger partial charge on any atom is -0.310 e. The zero-order valence-electron chi connectivity index (χ0n) is 79.2. The summed E-state index contributed by atoms with van der Waals surface area (Å²) in [6, 6.07) is 190. The lowest BCUT2D eigenvalue weighted by Crippen LogP contribution is -2.61. The third-order valence-electron chi connectivity index (χ3n) is 31.1. The zero-order chi connectivity index (χ0) is 94.4. The highest BCUT2D eigenvalue weighted by molar-refractivity contribution is 7.00. The average Bonchev–Trinajstić information content (AvgIpc) is 1.17. The Morgan fingerprint density at radius 3 is 0.874 bits per heavy atom. The quantitative estimate of drug-likeness (QED) is 0.0895. The summed E-state index contributed by atoms with van der Waals surface area (Å²) in [5.41, 5.74) is 35.6. The van der Waals surface area contributed by atoms with E-state index in [1.54, 1.807) is 0 Å². The lowest BCUT2D eigenvalue weighted by atomic mass is 9.33. The summed E-state index contributed by atoms with van der Waals surface area (Å²) in [5, 5.41) is 24.2. The first-order valence-corrected chi connectivity index (χ1v) is 49.9. The van der Waals surface area contributed by atoms with Crippen LogP contribution in [0.4, 0.5) is 34.1 Å². The van der Waals surface area contributed by atoms with Crippen molar-refractivity contribution in [2.45, 2.75) is 26.2 Å². The van der Waals surface area contributed by atoms with Gasteiger partial charge in [0.15, 0.2) is 0 Å². The second-order valence-electron chi connectivity index (χ2n) is 40.0. The van der Waals surface area contributed by atoms with Crippen LogP contribution in [0.1, 0.15) is 26.3 Å². The molecule has 2 aliphatic rings. The summed E-state index contributed by atoms with van der Waals surface area (Å²) in [6.45, 7) is 6.89. The van der Waals surface area contributed by atoms with Crippen molar-refractivity contribution >= 4 is 187 Å². The first-order valence-electron chi connectivity index (χ1n) is 49.9. The van der Waals surface area contributed by atoms with Gasteiger partial charge in [0, 0.05) is 88.7 Å². The van der Waals surface area contributed by atoms with Gasteiger partial charge in [-0.3, -0.25) is 0 Å². The Balaban J connectivity index is 0.784. The van der Waals surface area contributed by atoms with Gasteiger partial charge in [0.2, 0.25) is 0 Å². The Labute approximate surface area is 829 Å². The standard InChI is InChI=1S/C138H91BN4/c1-138(2,3)102-82-129-133-130(83-102)143(135-119(92-40-12-6-13-41-92)80-101(81-120(135)93-42-14-7-15-43-93)108-61-33-49-89-45-21-23-51-106(89)108)128-85-104(141-126-73-67-99(97-65-63-87-35-17-19-47-95(87)75-97)77-122(126)132-114-57-29-25-53-110(114)112-55-27-31-59-116(112)137(132)141)69-71-124(128)139(133)123-70-68-103(84-127(123)142(129)134-117(90-36-8-4-9-37-90)78-100(79-118(134)91-38-10-5-11-39-91)107-60-32-48-88-44-20-22-50-105(88)107)140-125-72-66-98(96-64-62-86-34-16-18-46-94(86)74-96)76-121(125)131-113-56-28-24-52-109(113)111-54-26-30-58-115(111)136(131)140/h4-85H,1-3H3. The number of rotatable bonds is 12. The van der Waals surface area contributed by atoms with E-state index >= 15 is 0 Å². The first kappa shape index (κ1) is 82.0. The van der Waals surface area contributed by atoms with Crippen LogP contribution in [0.15, 0.2) is 497 Å². The van der Waals surface area contributed by atoms with Gasteiger partial charge in [-0.15, -0.1) is 0 Å². The molecule has 0 unspecified atom stereocenters. The normalized spacial score (nSPS) is 12.5. The molecule has 0 bridgehead atoms. The lowest BCUT2D eigenvalue weighted by Gasteiger charge is -2.46. The van der Waals surface area contributed by atoms with E-state index < -0.39 is 5.41 Å². The van der Waals surface area contributed by atoms with Crippen LogP contribution in [-0.4, -0.2) is 15.8 Å². The topological polar surface area (TPSA) is 16.3 Å². The van der Waals surface area contributed by atoms with Crippen molar-refractivity contribution in [3.8, 4) is 100 Å². The second kappa shape index (κ2) is 32.2. The van der Waals surface area contributed by atoms with Crippen molar-refractivity contribution < 1.29 is 0 Å². The van der Waals surface area contributed by atoms with Gasteiger partial charge < -0.3 is 18.9 Å². The summed E-state index contributed by atoms with van der Waals surface area (Å²) >= 11 is 0. The molecule has 0 atom stereocenters. The summed E-state index contributed by atoms with van der Waals surface area (Å²) < 4.78 is 5.28. The summed E-state index contributed by atoms with van der Waals surface area (Å²) in [5.74, 6) is 0. The van der Waals surface area contributed by atoms with Gasteiger partial charge in [-0.1, -0.05) is 421 Å². The molecule has 25 aromatic carbocycles. The molecule has 5 heteroatoms. The fourth-order valence-corrected chi connectivity index (χ4v) is 24.5. The summed E-state index contributed by atoms with van der Waals surface area (Å²) in [6.07, 6.45) is 0. The fourth-order valence-electron chi connectivity index (χ4n) is 24.5. The molecule has 4 nitrogen and oxygen atoms in total. The maximum Gasteiger partial charge on any atom is 0.252 e. The Hall–Kier alpha value is -18.2. The molecule has 0 spiro atoms. The van der Waals surface area contributed by atoms with Crippen LogP contribution in [0.5, 0.6) is 0 Å². The van der Waals surface area contributed by atoms with Crippen LogP contribution >= 0.6 is 0 Å². The number of aromatic nitrogens is 2. The molecule has 27 aromatic rings. The number of nitrogens with zero attached hydrogens (tertiary/aromatic N) is 4. The molecule has 29 rings (SSSR count). The SMILES string of the molecule is CC(C)(C)c1cc2c3c(c1)N(c1c(-c4ccccc4)cc(-c4cccc5ccccc45)cc1-c1ccccc1)c1cc(-n4c5ccc(-c6ccc7ccccc7c6)cc5c5c6ccccc6c6ccccc6c54)ccc1B3c1ccc(-n3c4ccc(-c5ccc6ccccc6c5)cc4c4c5ccccc5c5ccccc5c43)cc1N2c1c(-c2ccccc2)cc(-c2cccc3ccccc23)cc1-c1ccccc1. The van der Waals surface area contributed by atoms with E-state index in [0.29, 0.717) is 0 Å². The van der Waals surface area contributed by atoms with Crippen molar-refractivity contribution in [1.82, 2.24) is 9.13 Å². The summed E-state index contributed by atoms with van der Waals surface area (Å²) in [7, 11) is 0.